The lowest BCUT2D eigenvalue weighted by molar-refractivity contribution is -0.132. The molecule has 56 heavy (non-hydrogen) atoms. The van der Waals surface area contributed by atoms with Crippen LogP contribution in [0.15, 0.2) is 115 Å². The van der Waals surface area contributed by atoms with Gasteiger partial charge in [0.15, 0.2) is 0 Å². The van der Waals surface area contributed by atoms with Crippen LogP contribution >= 0.6 is 22.7 Å². The monoisotopic (exact) mass is 767 g/mol. The lowest BCUT2D eigenvalue weighted by Gasteiger charge is -2.32. The summed E-state index contributed by atoms with van der Waals surface area (Å²) in [5.74, 6) is -1.28. The van der Waals surface area contributed by atoms with Gasteiger partial charge >= 0.3 is 5.97 Å². The summed E-state index contributed by atoms with van der Waals surface area (Å²) < 4.78 is 0. The van der Waals surface area contributed by atoms with E-state index in [-0.39, 0.29) is 16.4 Å². The minimum atomic E-state index is -1.28. The maximum atomic E-state index is 11.4. The van der Waals surface area contributed by atoms with Gasteiger partial charge in [-0.1, -0.05) is 88.4 Å². The number of carboxylic acid groups (broad SMARTS) is 1. The third-order valence-corrected chi connectivity index (χ3v) is 14.3. The SMILES string of the molecule is CCC1(CC)c2ccccc2-c2ccc(N(c3ccc4c(c3)C(CC)(CC)c3ccccc3-4)c3ccc(/C=C(\C#N)c4ccc(/C=C(/C#N)C(=O)O)s4)s3)cc21. The van der Waals surface area contributed by atoms with Gasteiger partial charge in [0.05, 0.1) is 5.57 Å². The molecule has 8 rings (SSSR count). The van der Waals surface area contributed by atoms with Crippen molar-refractivity contribution in [2.75, 3.05) is 4.90 Å². The fourth-order valence-electron chi connectivity index (χ4n) is 9.29. The highest BCUT2D eigenvalue weighted by Crippen LogP contribution is 2.56. The highest BCUT2D eigenvalue weighted by atomic mass is 32.1. The maximum Gasteiger partial charge on any atom is 0.346 e. The Labute approximate surface area is 336 Å². The lowest BCUT2D eigenvalue weighted by Crippen LogP contribution is -2.24. The Morgan fingerprint density at radius 2 is 1.12 bits per heavy atom. The van der Waals surface area contributed by atoms with Crippen LogP contribution < -0.4 is 4.90 Å². The van der Waals surface area contributed by atoms with Gasteiger partial charge in [-0.15, -0.1) is 22.7 Å². The molecule has 1 N–H and O–H groups in total. The van der Waals surface area contributed by atoms with E-state index in [9.17, 15) is 20.4 Å². The summed E-state index contributed by atoms with van der Waals surface area (Å²) in [6, 6.07) is 43.5. The Bertz CT molecular complexity index is 2560. The summed E-state index contributed by atoms with van der Waals surface area (Å²) in [7, 11) is 0. The summed E-state index contributed by atoms with van der Waals surface area (Å²) in [6.07, 6.45) is 7.25. The Balaban J connectivity index is 1.27. The topological polar surface area (TPSA) is 88.1 Å². The Kier molecular flexibility index (Phi) is 9.63. The standard InChI is InChI=1S/C49H41N3O2S2/c1-5-48(6-2)41-15-11-9-13-37(41)39-21-17-33(27-43(39)48)52(34-18-22-40-38-14-10-12-16-42(38)49(7-3,8-4)44(40)28-34)46-24-20-36(56-46)25-31(29-50)45-23-19-35(55-45)26-32(30-51)47(53)54/h9-28H,5-8H2,1-4H3,(H,53,54)/b31-25+,32-26-. The molecule has 0 aliphatic heterocycles. The average molecular weight is 768 g/mol. The number of thiophene rings is 2. The molecule has 4 aromatic carbocycles. The lowest BCUT2D eigenvalue weighted by atomic mass is 9.73. The molecule has 2 heterocycles. The van der Waals surface area contributed by atoms with E-state index in [0.717, 1.165) is 46.9 Å². The van der Waals surface area contributed by atoms with Crippen LogP contribution in [0.25, 0.3) is 40.0 Å². The molecule has 0 amide bonds. The van der Waals surface area contributed by atoms with Crippen LogP contribution in [0.4, 0.5) is 16.4 Å². The molecule has 0 atom stereocenters. The van der Waals surface area contributed by atoms with E-state index in [0.29, 0.717) is 15.3 Å². The van der Waals surface area contributed by atoms with Crippen LogP contribution in [0.2, 0.25) is 0 Å². The molecule has 276 valence electrons. The third-order valence-electron chi connectivity index (χ3n) is 12.2. The van der Waals surface area contributed by atoms with Crippen LogP contribution in [0.5, 0.6) is 0 Å². The van der Waals surface area contributed by atoms with Crippen molar-refractivity contribution in [1.29, 1.82) is 10.5 Å². The van der Waals surface area contributed by atoms with Gasteiger partial charge in [0.2, 0.25) is 0 Å². The van der Waals surface area contributed by atoms with Crippen molar-refractivity contribution in [2.45, 2.75) is 64.2 Å². The van der Waals surface area contributed by atoms with Crippen molar-refractivity contribution < 1.29 is 9.90 Å². The molecule has 7 heteroatoms. The van der Waals surface area contributed by atoms with E-state index in [1.165, 1.54) is 61.9 Å². The summed E-state index contributed by atoms with van der Waals surface area (Å²) in [5.41, 5.74) is 12.9. The molecule has 5 nitrogen and oxygen atoms in total. The second kappa shape index (κ2) is 14.6. The molecule has 6 aromatic rings. The second-order valence-corrected chi connectivity index (χ2v) is 16.7. The van der Waals surface area contributed by atoms with Crippen molar-refractivity contribution in [2.24, 2.45) is 0 Å². The van der Waals surface area contributed by atoms with Gasteiger partial charge in [0.25, 0.3) is 0 Å². The second-order valence-electron chi connectivity index (χ2n) is 14.5. The molecule has 0 unspecified atom stereocenters. The van der Waals surface area contributed by atoms with Crippen LogP contribution in [0.1, 0.15) is 90.3 Å². The van der Waals surface area contributed by atoms with E-state index in [1.807, 2.05) is 6.08 Å². The number of carboxylic acids is 1. The number of rotatable bonds is 11. The number of fused-ring (bicyclic) bond motifs is 6. The number of benzene rings is 4. The highest BCUT2D eigenvalue weighted by Gasteiger charge is 2.42. The molecule has 0 saturated heterocycles. The summed E-state index contributed by atoms with van der Waals surface area (Å²) in [6.45, 7) is 9.22. The first-order chi connectivity index (χ1) is 27.2. The number of hydrogen-bond donors (Lipinski definition) is 1. The maximum absolute atomic E-state index is 11.4. The first kappa shape index (κ1) is 37.0. The first-order valence-electron chi connectivity index (χ1n) is 19.2. The Morgan fingerprint density at radius 1 is 0.625 bits per heavy atom. The van der Waals surface area contributed by atoms with Gasteiger partial charge in [-0.05, 0) is 131 Å². The molecular formula is C49H41N3O2S2. The molecule has 0 spiro atoms. The van der Waals surface area contributed by atoms with Gasteiger partial charge in [0.1, 0.15) is 22.7 Å². The zero-order valence-electron chi connectivity index (χ0n) is 31.9. The van der Waals surface area contributed by atoms with E-state index in [4.69, 9.17) is 0 Å². The normalized spacial score (nSPS) is 14.6. The van der Waals surface area contributed by atoms with Gasteiger partial charge in [-0.3, -0.25) is 0 Å². The molecule has 0 saturated carbocycles. The summed E-state index contributed by atoms with van der Waals surface area (Å²) >= 11 is 2.91. The minimum Gasteiger partial charge on any atom is -0.477 e. The van der Waals surface area contributed by atoms with Crippen molar-refractivity contribution >= 4 is 62.7 Å². The summed E-state index contributed by atoms with van der Waals surface area (Å²) in [4.78, 5) is 16.0. The van der Waals surface area contributed by atoms with Crippen LogP contribution in [0.3, 0.4) is 0 Å². The Hall–Kier alpha value is -5.99. The average Bonchev–Trinajstić information content (AvgIpc) is 4.01. The zero-order chi connectivity index (χ0) is 39.2. The molecule has 2 aliphatic carbocycles. The van der Waals surface area contributed by atoms with Crippen molar-refractivity contribution in [1.82, 2.24) is 0 Å². The smallest absolute Gasteiger partial charge is 0.346 e. The van der Waals surface area contributed by atoms with Gasteiger partial charge in [-0.25, -0.2) is 4.79 Å². The quantitative estimate of drug-likeness (QED) is 0.105. The zero-order valence-corrected chi connectivity index (χ0v) is 33.5. The van der Waals surface area contributed by atoms with Crippen LogP contribution in [-0.4, -0.2) is 11.1 Å². The largest absolute Gasteiger partial charge is 0.477 e. The van der Waals surface area contributed by atoms with Crippen molar-refractivity contribution in [3.8, 4) is 34.4 Å². The molecule has 2 aromatic heterocycles. The van der Waals surface area contributed by atoms with E-state index in [2.05, 4.69) is 136 Å². The predicted molar refractivity (Wildman–Crippen MR) is 232 cm³/mol. The van der Waals surface area contributed by atoms with Crippen molar-refractivity contribution in [3.05, 3.63) is 152 Å². The number of anilines is 3. The molecule has 2 aliphatic rings. The van der Waals surface area contributed by atoms with Crippen molar-refractivity contribution in [3.63, 3.8) is 0 Å². The van der Waals surface area contributed by atoms with E-state index in [1.54, 1.807) is 29.5 Å². The Morgan fingerprint density at radius 3 is 1.62 bits per heavy atom. The van der Waals surface area contributed by atoms with E-state index >= 15 is 0 Å². The number of aliphatic carboxylic acids is 1. The first-order valence-corrected chi connectivity index (χ1v) is 20.8. The fourth-order valence-corrected chi connectivity index (χ4v) is 11.2. The van der Waals surface area contributed by atoms with Gasteiger partial charge in [0, 0.05) is 36.8 Å². The van der Waals surface area contributed by atoms with Crippen LogP contribution in [-0.2, 0) is 15.6 Å². The van der Waals surface area contributed by atoms with E-state index < -0.39 is 5.97 Å². The van der Waals surface area contributed by atoms with Crippen LogP contribution in [0, 0.1) is 22.7 Å². The number of carbonyl (C=O) groups is 1. The fraction of sp³-hybridized carbons (Fsp3) is 0.204. The number of nitrogens with zero attached hydrogens (tertiary/aromatic N) is 3. The predicted octanol–water partition coefficient (Wildman–Crippen LogP) is 13.5. The molecule has 0 bridgehead atoms. The minimum absolute atomic E-state index is 0.0783. The molecule has 0 fully saturated rings. The van der Waals surface area contributed by atoms with Gasteiger partial charge in [-0.2, -0.15) is 10.5 Å². The van der Waals surface area contributed by atoms with Gasteiger partial charge < -0.3 is 10.0 Å². The number of hydrogen-bond acceptors (Lipinski definition) is 6. The number of allylic oxidation sites excluding steroid dienone is 1. The third kappa shape index (κ3) is 5.74. The number of nitriles is 2. The molecular weight excluding hydrogens is 727 g/mol. The summed E-state index contributed by atoms with van der Waals surface area (Å²) in [5, 5.41) is 29.9. The molecule has 0 radical (unpaired) electrons. The highest BCUT2D eigenvalue weighted by molar-refractivity contribution is 7.17.